The highest BCUT2D eigenvalue weighted by Gasteiger charge is 2.30. The van der Waals surface area contributed by atoms with E-state index >= 15 is 0 Å². The van der Waals surface area contributed by atoms with Crippen molar-refractivity contribution in [3.8, 4) is 6.07 Å². The molecule has 27 heavy (non-hydrogen) atoms. The molecule has 2 rings (SSSR count). The van der Waals surface area contributed by atoms with Gasteiger partial charge in [0.1, 0.15) is 5.82 Å². The molecule has 0 aromatic heterocycles. The Balaban J connectivity index is 2.02. The lowest BCUT2D eigenvalue weighted by Crippen LogP contribution is -2.56. The van der Waals surface area contributed by atoms with Gasteiger partial charge < -0.3 is 9.64 Å². The number of benzene rings is 1. The Kier molecular flexibility index (Phi) is 8.17. The SMILES string of the molecule is COCC(C)N1CCN(C(C)C(=O)N(CCC#N)c2ccc(F)cc2)CC1. The fourth-order valence-electron chi connectivity index (χ4n) is 3.44. The number of hydrogen-bond donors (Lipinski definition) is 0. The first-order chi connectivity index (χ1) is 13.0. The Hall–Kier alpha value is -2.01. The molecule has 7 heteroatoms. The van der Waals surface area contributed by atoms with Gasteiger partial charge in [-0.15, -0.1) is 0 Å². The molecule has 0 spiro atoms. The minimum absolute atomic E-state index is 0.0600. The number of nitrogens with zero attached hydrogens (tertiary/aromatic N) is 4. The number of carbonyl (C=O) groups is 1. The van der Waals surface area contributed by atoms with Gasteiger partial charge in [-0.1, -0.05) is 0 Å². The maximum Gasteiger partial charge on any atom is 0.244 e. The average Bonchev–Trinajstić information content (AvgIpc) is 2.69. The van der Waals surface area contributed by atoms with E-state index in [9.17, 15) is 9.18 Å². The van der Waals surface area contributed by atoms with E-state index in [0.29, 0.717) is 24.9 Å². The summed E-state index contributed by atoms with van der Waals surface area (Å²) >= 11 is 0. The van der Waals surface area contributed by atoms with Gasteiger partial charge in [-0.25, -0.2) is 4.39 Å². The summed E-state index contributed by atoms with van der Waals surface area (Å²) in [6, 6.07) is 7.98. The zero-order chi connectivity index (χ0) is 19.8. The highest BCUT2D eigenvalue weighted by molar-refractivity contribution is 5.97. The Bertz CT molecular complexity index is 638. The van der Waals surface area contributed by atoms with E-state index in [-0.39, 0.29) is 24.2 Å². The zero-order valence-corrected chi connectivity index (χ0v) is 16.4. The standard InChI is InChI=1S/C20H29FN4O2/c1-16(15-27-3)23-11-13-24(14-12-23)17(2)20(26)25(10-4-9-22)19-7-5-18(21)6-8-19/h5-8,16-17H,4,10-15H2,1-3H3. The Labute approximate surface area is 161 Å². The maximum absolute atomic E-state index is 13.2. The predicted molar refractivity (Wildman–Crippen MR) is 103 cm³/mol. The predicted octanol–water partition coefficient (Wildman–Crippen LogP) is 2.11. The molecule has 1 aliphatic heterocycles. The fourth-order valence-corrected chi connectivity index (χ4v) is 3.44. The van der Waals surface area contributed by atoms with Gasteiger partial charge in [-0.05, 0) is 38.1 Å². The van der Waals surface area contributed by atoms with E-state index in [1.807, 2.05) is 6.92 Å². The second-order valence-corrected chi connectivity index (χ2v) is 6.93. The summed E-state index contributed by atoms with van der Waals surface area (Å²) in [6.45, 7) is 8.42. The van der Waals surface area contributed by atoms with Crippen LogP contribution in [-0.2, 0) is 9.53 Å². The highest BCUT2D eigenvalue weighted by atomic mass is 19.1. The lowest BCUT2D eigenvalue weighted by atomic mass is 10.1. The van der Waals surface area contributed by atoms with Crippen LogP contribution in [0.3, 0.4) is 0 Å². The normalized spacial score (nSPS) is 17.9. The van der Waals surface area contributed by atoms with Crippen molar-refractivity contribution < 1.29 is 13.9 Å². The number of rotatable bonds is 8. The van der Waals surface area contributed by atoms with Crippen LogP contribution < -0.4 is 4.90 Å². The van der Waals surface area contributed by atoms with Crippen LogP contribution >= 0.6 is 0 Å². The minimum atomic E-state index is -0.346. The number of amides is 1. The van der Waals surface area contributed by atoms with E-state index in [4.69, 9.17) is 10.00 Å². The molecule has 1 heterocycles. The third-order valence-electron chi connectivity index (χ3n) is 5.14. The van der Waals surface area contributed by atoms with Crippen LogP contribution in [0.25, 0.3) is 0 Å². The van der Waals surface area contributed by atoms with Crippen molar-refractivity contribution in [3.63, 3.8) is 0 Å². The molecule has 0 bridgehead atoms. The van der Waals surface area contributed by atoms with Crippen LogP contribution in [0.2, 0.25) is 0 Å². The average molecular weight is 376 g/mol. The molecule has 0 saturated carbocycles. The first kappa shape index (κ1) is 21.3. The van der Waals surface area contributed by atoms with Crippen molar-refractivity contribution in [2.45, 2.75) is 32.4 Å². The number of anilines is 1. The summed E-state index contributed by atoms with van der Waals surface area (Å²) in [5, 5.41) is 8.93. The lowest BCUT2D eigenvalue weighted by Gasteiger charge is -2.41. The zero-order valence-electron chi connectivity index (χ0n) is 16.4. The number of nitriles is 1. The van der Waals surface area contributed by atoms with Crippen LogP contribution in [0.4, 0.5) is 10.1 Å². The van der Waals surface area contributed by atoms with Gasteiger partial charge in [0, 0.05) is 51.6 Å². The first-order valence-corrected chi connectivity index (χ1v) is 9.38. The number of ether oxygens (including phenoxy) is 1. The number of hydrogen-bond acceptors (Lipinski definition) is 5. The smallest absolute Gasteiger partial charge is 0.244 e. The Morgan fingerprint density at radius 2 is 1.81 bits per heavy atom. The second-order valence-electron chi connectivity index (χ2n) is 6.93. The van der Waals surface area contributed by atoms with Crippen molar-refractivity contribution in [1.29, 1.82) is 5.26 Å². The van der Waals surface area contributed by atoms with Crippen molar-refractivity contribution in [3.05, 3.63) is 30.1 Å². The Morgan fingerprint density at radius 3 is 2.37 bits per heavy atom. The van der Waals surface area contributed by atoms with Gasteiger partial charge in [-0.3, -0.25) is 14.6 Å². The van der Waals surface area contributed by atoms with Gasteiger partial charge in [0.05, 0.1) is 25.1 Å². The van der Waals surface area contributed by atoms with E-state index in [1.54, 1.807) is 24.1 Å². The molecule has 6 nitrogen and oxygen atoms in total. The summed E-state index contributed by atoms with van der Waals surface area (Å²) in [4.78, 5) is 19.2. The molecule has 0 aliphatic carbocycles. The molecule has 1 saturated heterocycles. The molecule has 0 radical (unpaired) electrons. The summed E-state index contributed by atoms with van der Waals surface area (Å²) in [6.07, 6.45) is 0.234. The molecule has 1 amide bonds. The number of piperazine rings is 1. The van der Waals surface area contributed by atoms with Gasteiger partial charge in [-0.2, -0.15) is 5.26 Å². The number of methoxy groups -OCH3 is 1. The molecule has 0 N–H and O–H groups in total. The third-order valence-corrected chi connectivity index (χ3v) is 5.14. The monoisotopic (exact) mass is 376 g/mol. The van der Waals surface area contributed by atoms with Crippen molar-refractivity contribution in [2.75, 3.05) is 51.3 Å². The van der Waals surface area contributed by atoms with Crippen LogP contribution in [0.1, 0.15) is 20.3 Å². The summed E-state index contributed by atoms with van der Waals surface area (Å²) in [5.74, 6) is -0.406. The quantitative estimate of drug-likeness (QED) is 0.696. The van der Waals surface area contributed by atoms with Gasteiger partial charge >= 0.3 is 0 Å². The number of carbonyl (C=O) groups excluding carboxylic acids is 1. The van der Waals surface area contributed by atoms with Gasteiger partial charge in [0.25, 0.3) is 0 Å². The first-order valence-electron chi connectivity index (χ1n) is 9.38. The molecule has 1 fully saturated rings. The fraction of sp³-hybridized carbons (Fsp3) is 0.600. The van der Waals surface area contributed by atoms with Crippen molar-refractivity contribution in [1.82, 2.24) is 9.80 Å². The Morgan fingerprint density at radius 1 is 1.22 bits per heavy atom. The second kappa shape index (κ2) is 10.4. The summed E-state index contributed by atoms with van der Waals surface area (Å²) in [7, 11) is 1.71. The van der Waals surface area contributed by atoms with E-state index < -0.39 is 0 Å². The van der Waals surface area contributed by atoms with E-state index in [2.05, 4.69) is 22.8 Å². The summed E-state index contributed by atoms with van der Waals surface area (Å²) < 4.78 is 18.5. The third kappa shape index (κ3) is 5.73. The highest BCUT2D eigenvalue weighted by Crippen LogP contribution is 2.19. The van der Waals surface area contributed by atoms with Crippen LogP contribution in [0.15, 0.2) is 24.3 Å². The minimum Gasteiger partial charge on any atom is -0.383 e. The molecular weight excluding hydrogens is 347 g/mol. The van der Waals surface area contributed by atoms with Crippen molar-refractivity contribution >= 4 is 11.6 Å². The molecule has 2 atom stereocenters. The van der Waals surface area contributed by atoms with Crippen LogP contribution in [0, 0.1) is 17.1 Å². The molecular formula is C20H29FN4O2. The van der Waals surface area contributed by atoms with Gasteiger partial charge in [0.15, 0.2) is 0 Å². The number of halogens is 1. The van der Waals surface area contributed by atoms with E-state index in [0.717, 1.165) is 26.2 Å². The largest absolute Gasteiger partial charge is 0.383 e. The maximum atomic E-state index is 13.2. The molecule has 1 aromatic carbocycles. The van der Waals surface area contributed by atoms with Gasteiger partial charge in [0.2, 0.25) is 5.91 Å². The van der Waals surface area contributed by atoms with Crippen molar-refractivity contribution in [2.24, 2.45) is 0 Å². The molecule has 1 aliphatic rings. The molecule has 1 aromatic rings. The summed E-state index contributed by atoms with van der Waals surface area (Å²) in [5.41, 5.74) is 0.621. The lowest BCUT2D eigenvalue weighted by molar-refractivity contribution is -0.124. The van der Waals surface area contributed by atoms with Crippen LogP contribution in [-0.4, -0.2) is 74.2 Å². The van der Waals surface area contributed by atoms with E-state index in [1.165, 1.54) is 12.1 Å². The van der Waals surface area contributed by atoms with Crippen LogP contribution in [0.5, 0.6) is 0 Å². The topological polar surface area (TPSA) is 59.8 Å². The molecule has 148 valence electrons. The molecule has 2 unspecified atom stereocenters.